The van der Waals surface area contributed by atoms with Crippen LogP contribution in [0, 0.1) is 0 Å². The maximum absolute atomic E-state index is 12.6. The zero-order valence-electron chi connectivity index (χ0n) is 12.8. The van der Waals surface area contributed by atoms with Crippen LogP contribution < -0.4 is 11.1 Å². The van der Waals surface area contributed by atoms with Gasteiger partial charge in [-0.15, -0.1) is 23.1 Å². The van der Waals surface area contributed by atoms with E-state index in [1.54, 1.807) is 5.38 Å². The van der Waals surface area contributed by atoms with Crippen molar-refractivity contribution in [1.29, 1.82) is 0 Å². The van der Waals surface area contributed by atoms with Crippen molar-refractivity contribution < 1.29 is 24.2 Å². The molecule has 12 heteroatoms. The number of nitrogens with one attached hydrogen (secondary N) is 1. The number of hydrogen-bond acceptors (Lipinski definition) is 8. The number of carbonyl (C=O) groups is 3. The lowest BCUT2D eigenvalue weighted by atomic mass is 9.99. The molecule has 0 spiro atoms. The molecule has 25 heavy (non-hydrogen) atoms. The predicted octanol–water partition coefficient (Wildman–Crippen LogP) is 0.177. The van der Waals surface area contributed by atoms with E-state index in [1.807, 2.05) is 0 Å². The minimum absolute atomic E-state index is 0.0658. The topological polar surface area (TPSA) is 135 Å². The van der Waals surface area contributed by atoms with Crippen LogP contribution >= 0.6 is 34.7 Å². The number of nitrogen functional groups attached to an aromatic ring is 1. The molecule has 9 nitrogen and oxygen atoms in total. The second-order valence-corrected chi connectivity index (χ2v) is 7.65. The van der Waals surface area contributed by atoms with Crippen LogP contribution in [-0.2, 0) is 25.5 Å². The first kappa shape index (κ1) is 18.0. The molecule has 0 bridgehead atoms. The monoisotopic (exact) mass is 404 g/mol. The normalized spacial score (nSPS) is 25.4. The molecule has 4 N–H and O–H groups in total. The first-order valence-electron chi connectivity index (χ1n) is 6.93. The van der Waals surface area contributed by atoms with Gasteiger partial charge in [0.1, 0.15) is 11.1 Å². The van der Waals surface area contributed by atoms with E-state index in [-0.39, 0.29) is 22.9 Å². The highest BCUT2D eigenvalue weighted by atomic mass is 35.5. The number of β-lactam (4-membered cyclic amide) rings is 1. The third kappa shape index (κ3) is 2.86. The number of fused-ring (bicyclic) bond motifs is 1. The number of carboxylic acid groups (broad SMARTS) is 1. The van der Waals surface area contributed by atoms with Gasteiger partial charge < -0.3 is 20.9 Å². The van der Waals surface area contributed by atoms with Crippen molar-refractivity contribution in [1.82, 2.24) is 15.2 Å². The van der Waals surface area contributed by atoms with Crippen LogP contribution in [0.1, 0.15) is 5.69 Å². The van der Waals surface area contributed by atoms with Gasteiger partial charge >= 0.3 is 5.97 Å². The van der Waals surface area contributed by atoms with Gasteiger partial charge in [0, 0.05) is 18.2 Å². The van der Waals surface area contributed by atoms with E-state index in [1.165, 1.54) is 30.2 Å². The number of amides is 2. The minimum Gasteiger partial charge on any atom is -0.477 e. The van der Waals surface area contributed by atoms with Gasteiger partial charge in [0.25, 0.3) is 11.6 Å². The summed E-state index contributed by atoms with van der Waals surface area (Å²) in [5, 5.41) is 13.2. The molecule has 1 aromatic rings. The molecule has 0 radical (unpaired) electrons. The average Bonchev–Trinajstić information content (AvgIpc) is 2.96. The lowest BCUT2D eigenvalue weighted by molar-refractivity contribution is -0.192. The Labute approximate surface area is 155 Å². The molecule has 3 rings (SSSR count). The molecular weight excluding hydrogens is 392 g/mol. The highest BCUT2D eigenvalue weighted by Crippen LogP contribution is 2.47. The van der Waals surface area contributed by atoms with E-state index in [2.05, 4.69) is 10.3 Å². The lowest BCUT2D eigenvalue weighted by Gasteiger charge is -2.55. The molecule has 0 aliphatic carbocycles. The molecule has 1 saturated heterocycles. The van der Waals surface area contributed by atoms with Crippen molar-refractivity contribution in [3.05, 3.63) is 21.8 Å². The quantitative estimate of drug-likeness (QED) is 0.467. The standard InChI is InChI=1S/C13H13ClN4O5S2/c1-23-13(17-7(19)2-5-3-25-12(15)16-5)10(22)18-8(9(20)21)6(14)4-24-11(13)18/h3,11H,2,4H2,1H3,(H2,15,16)(H,17,19)(H,20,21)/t11?,13-/m0/s1. The summed E-state index contributed by atoms with van der Waals surface area (Å²) >= 11 is 8.34. The number of thioether (sulfide) groups is 1. The van der Waals surface area contributed by atoms with Crippen molar-refractivity contribution in [2.45, 2.75) is 17.5 Å². The zero-order chi connectivity index (χ0) is 18.4. The number of halogens is 1. The van der Waals surface area contributed by atoms with Gasteiger partial charge in [-0.2, -0.15) is 0 Å². The summed E-state index contributed by atoms with van der Waals surface area (Å²) in [6.07, 6.45) is -0.0775. The maximum Gasteiger partial charge on any atom is 0.353 e. The minimum atomic E-state index is -1.64. The number of nitrogens with two attached hydrogens (primary N) is 1. The van der Waals surface area contributed by atoms with E-state index >= 15 is 0 Å². The number of methoxy groups -OCH3 is 1. The number of carboxylic acids is 1. The first-order chi connectivity index (χ1) is 11.8. The number of rotatable bonds is 5. The SMILES string of the molecule is CO[C@@]1(NC(=O)Cc2csc(N)n2)C(=O)N2C(C(=O)O)=C(Cl)CSC21. The van der Waals surface area contributed by atoms with Gasteiger partial charge in [-0.1, -0.05) is 11.6 Å². The third-order valence-electron chi connectivity index (χ3n) is 3.75. The number of aliphatic carboxylic acids is 1. The Balaban J connectivity index is 1.79. The van der Waals surface area contributed by atoms with Crippen molar-refractivity contribution >= 4 is 57.6 Å². The Kier molecular flexibility index (Phi) is 4.66. The number of thiazole rings is 1. The highest BCUT2D eigenvalue weighted by molar-refractivity contribution is 8.00. The van der Waals surface area contributed by atoms with Crippen LogP contribution in [0.2, 0.25) is 0 Å². The van der Waals surface area contributed by atoms with Crippen LogP contribution in [0.25, 0.3) is 0 Å². The van der Waals surface area contributed by atoms with Gasteiger partial charge in [0.05, 0.1) is 17.1 Å². The highest BCUT2D eigenvalue weighted by Gasteiger charge is 2.66. The summed E-state index contributed by atoms with van der Waals surface area (Å²) in [6.45, 7) is 0. The molecule has 1 aromatic heterocycles. The van der Waals surface area contributed by atoms with Gasteiger partial charge in [0.15, 0.2) is 5.13 Å². The lowest BCUT2D eigenvalue weighted by Crippen LogP contribution is -2.80. The Morgan fingerprint density at radius 2 is 2.36 bits per heavy atom. The van der Waals surface area contributed by atoms with Crippen LogP contribution in [-0.4, -0.2) is 56.7 Å². The molecule has 3 heterocycles. The van der Waals surface area contributed by atoms with E-state index in [9.17, 15) is 19.5 Å². The van der Waals surface area contributed by atoms with Crippen LogP contribution in [0.15, 0.2) is 16.1 Å². The number of nitrogens with zero attached hydrogens (tertiary/aromatic N) is 2. The summed E-state index contributed by atoms with van der Waals surface area (Å²) in [4.78, 5) is 41.3. The van der Waals surface area contributed by atoms with Crippen molar-refractivity contribution in [2.75, 3.05) is 18.6 Å². The van der Waals surface area contributed by atoms with Gasteiger partial charge in [-0.3, -0.25) is 14.5 Å². The molecule has 2 atom stereocenters. The van der Waals surface area contributed by atoms with Crippen molar-refractivity contribution in [3.63, 3.8) is 0 Å². The van der Waals surface area contributed by atoms with Crippen molar-refractivity contribution in [3.8, 4) is 0 Å². The van der Waals surface area contributed by atoms with E-state index < -0.39 is 28.9 Å². The molecule has 0 aromatic carbocycles. The smallest absolute Gasteiger partial charge is 0.353 e. The van der Waals surface area contributed by atoms with Gasteiger partial charge in [0.2, 0.25) is 5.91 Å². The summed E-state index contributed by atoms with van der Waals surface area (Å²) in [7, 11) is 1.28. The van der Waals surface area contributed by atoms with Gasteiger partial charge in [-0.25, -0.2) is 9.78 Å². The first-order valence-corrected chi connectivity index (χ1v) is 9.24. The number of aromatic nitrogens is 1. The summed E-state index contributed by atoms with van der Waals surface area (Å²) < 4.78 is 5.29. The third-order valence-corrected chi connectivity index (χ3v) is 6.25. The molecule has 2 aliphatic rings. The van der Waals surface area contributed by atoms with Gasteiger partial charge in [-0.05, 0) is 0 Å². The molecular formula is C13H13ClN4O5S2. The molecule has 134 valence electrons. The fraction of sp³-hybridized carbons (Fsp3) is 0.385. The number of ether oxygens (including phenoxy) is 1. The fourth-order valence-corrected chi connectivity index (χ4v) is 4.87. The average molecular weight is 405 g/mol. The van der Waals surface area contributed by atoms with E-state index in [0.717, 1.165) is 4.90 Å². The summed E-state index contributed by atoms with van der Waals surface area (Å²) in [5.41, 5.74) is 4.07. The Morgan fingerprint density at radius 3 is 2.92 bits per heavy atom. The number of anilines is 1. The Morgan fingerprint density at radius 1 is 1.64 bits per heavy atom. The molecule has 1 unspecified atom stereocenters. The van der Waals surface area contributed by atoms with Crippen molar-refractivity contribution in [2.24, 2.45) is 0 Å². The molecule has 2 aliphatic heterocycles. The van der Waals surface area contributed by atoms with Crippen LogP contribution in [0.3, 0.4) is 0 Å². The second-order valence-electron chi connectivity index (χ2n) is 5.24. The molecule has 0 saturated carbocycles. The molecule has 2 amide bonds. The van der Waals surface area contributed by atoms with E-state index in [4.69, 9.17) is 22.1 Å². The summed E-state index contributed by atoms with van der Waals surface area (Å²) in [5.74, 6) is -2.29. The van der Waals surface area contributed by atoms with Crippen LogP contribution in [0.5, 0.6) is 0 Å². The largest absolute Gasteiger partial charge is 0.477 e. The fourth-order valence-electron chi connectivity index (χ4n) is 2.66. The number of hydrogen-bond donors (Lipinski definition) is 3. The zero-order valence-corrected chi connectivity index (χ0v) is 15.2. The second kappa shape index (κ2) is 6.48. The van der Waals surface area contributed by atoms with E-state index in [0.29, 0.717) is 10.8 Å². The van der Waals surface area contributed by atoms with Crippen LogP contribution in [0.4, 0.5) is 5.13 Å². The number of carbonyl (C=O) groups excluding carboxylic acids is 2. The predicted molar refractivity (Wildman–Crippen MR) is 91.7 cm³/mol. The Bertz CT molecular complexity index is 797. The maximum atomic E-state index is 12.6. The molecule has 1 fully saturated rings. The Hall–Kier alpha value is -1.82. The summed E-state index contributed by atoms with van der Waals surface area (Å²) in [6, 6.07) is 0.